The van der Waals surface area contributed by atoms with Gasteiger partial charge in [0.05, 0.1) is 5.56 Å². The highest BCUT2D eigenvalue weighted by Gasteiger charge is 2.32. The summed E-state index contributed by atoms with van der Waals surface area (Å²) >= 11 is 2.99. The van der Waals surface area contributed by atoms with Crippen molar-refractivity contribution in [2.45, 2.75) is 12.6 Å². The number of carbonyl (C=O) groups excluding carboxylic acids is 1. The number of alkyl halides is 3. The average Bonchev–Trinajstić information content (AvgIpc) is 2.19. The molecule has 0 amide bonds. The van der Waals surface area contributed by atoms with Gasteiger partial charge in [0, 0.05) is 10.9 Å². The normalized spacial score (nSPS) is 12.0. The third kappa shape index (κ3) is 3.48. The fourth-order valence-electron chi connectivity index (χ4n) is 1.17. The minimum Gasteiger partial charge on any atom is -0.303 e. The molecule has 1 nitrogen and oxygen atoms in total. The van der Waals surface area contributed by atoms with Crippen LogP contribution < -0.4 is 0 Å². The van der Waals surface area contributed by atoms with Crippen molar-refractivity contribution in [3.05, 3.63) is 39.9 Å². The van der Waals surface area contributed by atoms with Crippen LogP contribution in [0.3, 0.4) is 0 Å². The van der Waals surface area contributed by atoms with Crippen LogP contribution in [0.25, 0.3) is 6.08 Å². The Balaban J connectivity index is 3.13. The van der Waals surface area contributed by atoms with Gasteiger partial charge in [0.15, 0.2) is 0 Å². The third-order valence-corrected chi connectivity index (χ3v) is 2.34. The Morgan fingerprint density at radius 3 is 2.56 bits per heavy atom. The molecule has 0 N–H and O–H groups in total. The fraction of sp³-hybridized carbons (Fsp3) is 0.182. The molecule has 1 aromatic carbocycles. The van der Waals surface area contributed by atoms with Gasteiger partial charge < -0.3 is 4.79 Å². The summed E-state index contributed by atoms with van der Waals surface area (Å²) in [5.41, 5.74) is -0.665. The second-order valence-electron chi connectivity index (χ2n) is 3.03. The SMILES string of the molecule is O=CCC=Cc1ccc(Br)cc1C(F)(F)F. The lowest BCUT2D eigenvalue weighted by Crippen LogP contribution is -2.07. The van der Waals surface area contributed by atoms with Crippen LogP contribution in [0.4, 0.5) is 13.2 Å². The Kier molecular flexibility index (Phi) is 4.29. The number of carbonyl (C=O) groups is 1. The second kappa shape index (κ2) is 5.30. The average molecular weight is 293 g/mol. The number of aldehydes is 1. The topological polar surface area (TPSA) is 17.1 Å². The van der Waals surface area contributed by atoms with E-state index in [1.54, 1.807) is 0 Å². The molecular formula is C11H8BrF3O. The van der Waals surface area contributed by atoms with E-state index >= 15 is 0 Å². The highest BCUT2D eigenvalue weighted by molar-refractivity contribution is 9.10. The summed E-state index contributed by atoms with van der Waals surface area (Å²) in [5.74, 6) is 0. The standard InChI is InChI=1S/C11H8BrF3O/c12-9-5-4-8(3-1-2-6-16)10(7-9)11(13,14)15/h1,3-7H,2H2. The maximum atomic E-state index is 12.6. The Labute approximate surface area is 99.1 Å². The highest BCUT2D eigenvalue weighted by atomic mass is 79.9. The lowest BCUT2D eigenvalue weighted by molar-refractivity contribution is -0.137. The number of rotatable bonds is 3. The van der Waals surface area contributed by atoms with E-state index in [4.69, 9.17) is 0 Å². The Morgan fingerprint density at radius 2 is 2.00 bits per heavy atom. The molecule has 1 rings (SSSR count). The molecule has 0 saturated heterocycles. The van der Waals surface area contributed by atoms with E-state index in [2.05, 4.69) is 15.9 Å². The molecule has 0 aliphatic rings. The Hall–Kier alpha value is -1.10. The zero-order valence-corrected chi connectivity index (χ0v) is 9.68. The molecule has 0 atom stereocenters. The van der Waals surface area contributed by atoms with Crippen LogP contribution in [0.1, 0.15) is 17.5 Å². The van der Waals surface area contributed by atoms with Gasteiger partial charge in [0.2, 0.25) is 0 Å². The van der Waals surface area contributed by atoms with Crippen LogP contribution in [0.5, 0.6) is 0 Å². The Bertz CT molecular complexity index is 410. The molecule has 0 aliphatic heterocycles. The molecule has 86 valence electrons. The van der Waals surface area contributed by atoms with Gasteiger partial charge in [-0.15, -0.1) is 0 Å². The van der Waals surface area contributed by atoms with Crippen molar-refractivity contribution in [3.8, 4) is 0 Å². The van der Waals surface area contributed by atoms with Crippen LogP contribution in [-0.4, -0.2) is 6.29 Å². The Morgan fingerprint density at radius 1 is 1.31 bits per heavy atom. The molecule has 1 aromatic rings. The zero-order chi connectivity index (χ0) is 12.2. The number of benzene rings is 1. The first-order valence-electron chi connectivity index (χ1n) is 4.42. The van der Waals surface area contributed by atoms with Gasteiger partial charge in [-0.3, -0.25) is 0 Å². The predicted molar refractivity (Wildman–Crippen MR) is 58.9 cm³/mol. The van der Waals surface area contributed by atoms with E-state index in [0.29, 0.717) is 10.8 Å². The summed E-state index contributed by atoms with van der Waals surface area (Å²) in [6.07, 6.45) is -0.976. The molecule has 0 bridgehead atoms. The van der Waals surface area contributed by atoms with E-state index in [9.17, 15) is 18.0 Å². The summed E-state index contributed by atoms with van der Waals surface area (Å²) in [6, 6.07) is 3.89. The highest BCUT2D eigenvalue weighted by Crippen LogP contribution is 2.34. The van der Waals surface area contributed by atoms with Gasteiger partial charge in [0.1, 0.15) is 6.29 Å². The van der Waals surface area contributed by atoms with Crippen molar-refractivity contribution >= 4 is 28.3 Å². The number of hydrogen-bond donors (Lipinski definition) is 0. The van der Waals surface area contributed by atoms with Crippen molar-refractivity contribution in [3.63, 3.8) is 0 Å². The van der Waals surface area contributed by atoms with Crippen LogP contribution >= 0.6 is 15.9 Å². The van der Waals surface area contributed by atoms with Gasteiger partial charge in [-0.25, -0.2) is 0 Å². The quantitative estimate of drug-likeness (QED) is 0.768. The molecule has 5 heteroatoms. The van der Waals surface area contributed by atoms with Crippen molar-refractivity contribution in [1.82, 2.24) is 0 Å². The van der Waals surface area contributed by atoms with Crippen LogP contribution in [-0.2, 0) is 11.0 Å². The van der Waals surface area contributed by atoms with Gasteiger partial charge in [-0.1, -0.05) is 34.1 Å². The molecule has 0 saturated carbocycles. The lowest BCUT2D eigenvalue weighted by Gasteiger charge is -2.10. The summed E-state index contributed by atoms with van der Waals surface area (Å²) in [4.78, 5) is 10.1. The second-order valence-corrected chi connectivity index (χ2v) is 3.95. The van der Waals surface area contributed by atoms with E-state index < -0.39 is 11.7 Å². The van der Waals surface area contributed by atoms with Gasteiger partial charge in [0.25, 0.3) is 0 Å². The number of allylic oxidation sites excluding steroid dienone is 1. The maximum absolute atomic E-state index is 12.6. The fourth-order valence-corrected chi connectivity index (χ4v) is 1.53. The molecule has 16 heavy (non-hydrogen) atoms. The molecule has 0 fully saturated rings. The first-order valence-corrected chi connectivity index (χ1v) is 5.21. The molecule has 0 spiro atoms. The number of halogens is 4. The molecule has 0 heterocycles. The maximum Gasteiger partial charge on any atom is 0.417 e. The molecule has 0 aliphatic carbocycles. The van der Waals surface area contributed by atoms with Crippen LogP contribution in [0, 0.1) is 0 Å². The van der Waals surface area contributed by atoms with Crippen LogP contribution in [0.15, 0.2) is 28.7 Å². The minimum atomic E-state index is -4.40. The lowest BCUT2D eigenvalue weighted by atomic mass is 10.1. The smallest absolute Gasteiger partial charge is 0.303 e. The molecule has 0 aromatic heterocycles. The predicted octanol–water partition coefficient (Wildman–Crippen LogP) is 4.07. The summed E-state index contributed by atoms with van der Waals surface area (Å²) < 4.78 is 38.2. The van der Waals surface area contributed by atoms with Gasteiger partial charge >= 0.3 is 6.18 Å². The third-order valence-electron chi connectivity index (χ3n) is 1.85. The van der Waals surface area contributed by atoms with Crippen molar-refractivity contribution in [2.24, 2.45) is 0 Å². The minimum absolute atomic E-state index is 0.0533. The van der Waals surface area contributed by atoms with Crippen molar-refractivity contribution in [2.75, 3.05) is 0 Å². The first kappa shape index (κ1) is 13.0. The van der Waals surface area contributed by atoms with Crippen LogP contribution in [0.2, 0.25) is 0 Å². The van der Waals surface area contributed by atoms with E-state index in [1.165, 1.54) is 24.3 Å². The van der Waals surface area contributed by atoms with Crippen molar-refractivity contribution < 1.29 is 18.0 Å². The van der Waals surface area contributed by atoms with E-state index in [-0.39, 0.29) is 12.0 Å². The van der Waals surface area contributed by atoms with Gasteiger partial charge in [-0.05, 0) is 17.7 Å². The molecular weight excluding hydrogens is 285 g/mol. The van der Waals surface area contributed by atoms with Crippen molar-refractivity contribution in [1.29, 1.82) is 0 Å². The summed E-state index contributed by atoms with van der Waals surface area (Å²) in [5, 5.41) is 0. The zero-order valence-electron chi connectivity index (χ0n) is 8.09. The summed E-state index contributed by atoms with van der Waals surface area (Å²) in [6.45, 7) is 0. The largest absolute Gasteiger partial charge is 0.417 e. The monoisotopic (exact) mass is 292 g/mol. The summed E-state index contributed by atoms with van der Waals surface area (Å²) in [7, 11) is 0. The van der Waals surface area contributed by atoms with Gasteiger partial charge in [-0.2, -0.15) is 13.2 Å². The molecule has 0 radical (unpaired) electrons. The van der Waals surface area contributed by atoms with E-state index in [1.807, 2.05) is 0 Å². The number of hydrogen-bond acceptors (Lipinski definition) is 1. The molecule has 0 unspecified atom stereocenters. The first-order chi connectivity index (χ1) is 7.45. The van der Waals surface area contributed by atoms with E-state index in [0.717, 1.165) is 6.07 Å².